The first kappa shape index (κ1) is 16.7. The van der Waals surface area contributed by atoms with Crippen LogP contribution in [0.3, 0.4) is 0 Å². The highest BCUT2D eigenvalue weighted by atomic mass is 19.4. The zero-order chi connectivity index (χ0) is 15.0. The number of ether oxygens (including phenoxy) is 3. The van der Waals surface area contributed by atoms with Crippen molar-refractivity contribution in [1.82, 2.24) is 5.32 Å². The summed E-state index contributed by atoms with van der Waals surface area (Å²) in [5.74, 6) is -0.225. The summed E-state index contributed by atoms with van der Waals surface area (Å²) in [6.07, 6.45) is -4.78. The van der Waals surface area contributed by atoms with E-state index in [1.165, 1.54) is 18.2 Å². The molecule has 1 unspecified atom stereocenters. The quantitative estimate of drug-likeness (QED) is 0.798. The van der Waals surface area contributed by atoms with E-state index in [2.05, 4.69) is 10.1 Å². The van der Waals surface area contributed by atoms with Crippen LogP contribution in [-0.4, -0.2) is 39.8 Å². The number of hydrogen-bond donors (Lipinski definition) is 1. The number of alkyl halides is 3. The zero-order valence-corrected chi connectivity index (χ0v) is 11.4. The van der Waals surface area contributed by atoms with Crippen LogP contribution in [0.4, 0.5) is 13.2 Å². The van der Waals surface area contributed by atoms with Gasteiger partial charge in [0.1, 0.15) is 5.75 Å². The van der Waals surface area contributed by atoms with Gasteiger partial charge in [0.25, 0.3) is 0 Å². The van der Waals surface area contributed by atoms with Crippen LogP contribution in [0.25, 0.3) is 0 Å². The molecule has 7 heteroatoms. The van der Waals surface area contributed by atoms with Crippen LogP contribution in [0.2, 0.25) is 0 Å². The summed E-state index contributed by atoms with van der Waals surface area (Å²) < 4.78 is 50.3. The summed E-state index contributed by atoms with van der Waals surface area (Å²) in [7, 11) is 3.15. The average Bonchev–Trinajstić information content (AvgIpc) is 2.36. The highest BCUT2D eigenvalue weighted by Gasteiger charge is 2.31. The molecule has 20 heavy (non-hydrogen) atoms. The molecule has 0 aromatic heterocycles. The van der Waals surface area contributed by atoms with Gasteiger partial charge < -0.3 is 19.5 Å². The minimum Gasteiger partial charge on any atom is -0.406 e. The van der Waals surface area contributed by atoms with Gasteiger partial charge in [0, 0.05) is 27.3 Å². The lowest BCUT2D eigenvalue weighted by Crippen LogP contribution is -2.31. The SMILES string of the molecule is COCC(CNCc1cccc(OC(F)(F)F)c1)OC. The maximum atomic E-state index is 12.1. The van der Waals surface area contributed by atoms with Gasteiger partial charge in [-0.2, -0.15) is 0 Å². The van der Waals surface area contributed by atoms with Crippen LogP contribution in [0.5, 0.6) is 5.75 Å². The fourth-order valence-electron chi connectivity index (χ4n) is 1.63. The van der Waals surface area contributed by atoms with Gasteiger partial charge in [-0.3, -0.25) is 0 Å². The molecule has 0 aliphatic carbocycles. The minimum atomic E-state index is -4.67. The molecule has 0 saturated carbocycles. The van der Waals surface area contributed by atoms with E-state index in [0.29, 0.717) is 25.3 Å². The lowest BCUT2D eigenvalue weighted by molar-refractivity contribution is -0.274. The number of rotatable bonds is 8. The van der Waals surface area contributed by atoms with Gasteiger partial charge in [-0.05, 0) is 17.7 Å². The second-order valence-corrected chi connectivity index (χ2v) is 4.14. The lowest BCUT2D eigenvalue weighted by Gasteiger charge is -2.15. The molecule has 0 saturated heterocycles. The van der Waals surface area contributed by atoms with Crippen LogP contribution < -0.4 is 10.1 Å². The molecule has 0 bridgehead atoms. The molecule has 114 valence electrons. The smallest absolute Gasteiger partial charge is 0.406 e. The monoisotopic (exact) mass is 293 g/mol. The van der Waals surface area contributed by atoms with Crippen LogP contribution in [0, 0.1) is 0 Å². The first-order valence-corrected chi connectivity index (χ1v) is 6.01. The Morgan fingerprint density at radius 1 is 1.25 bits per heavy atom. The summed E-state index contributed by atoms with van der Waals surface area (Å²) in [6, 6.07) is 5.84. The molecule has 1 aromatic carbocycles. The molecule has 0 fully saturated rings. The second kappa shape index (κ2) is 8.08. The van der Waals surface area contributed by atoms with Crippen molar-refractivity contribution >= 4 is 0 Å². The third-order valence-corrected chi connectivity index (χ3v) is 2.52. The number of halogens is 3. The Bertz CT molecular complexity index is 399. The van der Waals surface area contributed by atoms with Crippen molar-refractivity contribution in [3.63, 3.8) is 0 Å². The Morgan fingerprint density at radius 3 is 2.60 bits per heavy atom. The fourth-order valence-corrected chi connectivity index (χ4v) is 1.63. The van der Waals surface area contributed by atoms with E-state index >= 15 is 0 Å². The van der Waals surface area contributed by atoms with E-state index in [4.69, 9.17) is 9.47 Å². The predicted molar refractivity (Wildman–Crippen MR) is 67.5 cm³/mol. The molecule has 1 aromatic rings. The van der Waals surface area contributed by atoms with E-state index in [0.717, 1.165) is 0 Å². The summed E-state index contributed by atoms with van der Waals surface area (Å²) in [5, 5.41) is 3.09. The zero-order valence-electron chi connectivity index (χ0n) is 11.4. The largest absolute Gasteiger partial charge is 0.573 e. The Balaban J connectivity index is 2.46. The molecule has 1 atom stereocenters. The third-order valence-electron chi connectivity index (χ3n) is 2.52. The van der Waals surface area contributed by atoms with E-state index in [9.17, 15) is 13.2 Å². The molecule has 4 nitrogen and oxygen atoms in total. The normalized spacial score (nSPS) is 13.2. The predicted octanol–water partition coefficient (Wildman–Crippen LogP) is 2.34. The molecule has 0 aliphatic heterocycles. The van der Waals surface area contributed by atoms with Crippen molar-refractivity contribution in [3.8, 4) is 5.75 Å². The van der Waals surface area contributed by atoms with Crippen molar-refractivity contribution in [3.05, 3.63) is 29.8 Å². The van der Waals surface area contributed by atoms with Crippen LogP contribution in [-0.2, 0) is 16.0 Å². The number of hydrogen-bond acceptors (Lipinski definition) is 4. The van der Waals surface area contributed by atoms with Crippen molar-refractivity contribution in [2.24, 2.45) is 0 Å². The van der Waals surface area contributed by atoms with Crippen molar-refractivity contribution in [2.75, 3.05) is 27.4 Å². The summed E-state index contributed by atoms with van der Waals surface area (Å²) in [5.41, 5.74) is 0.694. The Hall–Kier alpha value is -1.31. The number of methoxy groups -OCH3 is 2. The van der Waals surface area contributed by atoms with Gasteiger partial charge in [0.2, 0.25) is 0 Å². The van der Waals surface area contributed by atoms with Crippen LogP contribution in [0.1, 0.15) is 5.56 Å². The number of benzene rings is 1. The molecule has 1 rings (SSSR count). The van der Waals surface area contributed by atoms with Gasteiger partial charge in [-0.1, -0.05) is 12.1 Å². The van der Waals surface area contributed by atoms with E-state index < -0.39 is 6.36 Å². The first-order valence-electron chi connectivity index (χ1n) is 6.01. The Morgan fingerprint density at radius 2 is 2.00 bits per heavy atom. The fraction of sp³-hybridized carbons (Fsp3) is 0.538. The highest BCUT2D eigenvalue weighted by Crippen LogP contribution is 2.23. The molecule has 0 spiro atoms. The van der Waals surface area contributed by atoms with Crippen molar-refractivity contribution in [2.45, 2.75) is 19.0 Å². The van der Waals surface area contributed by atoms with E-state index in [1.807, 2.05) is 0 Å². The second-order valence-electron chi connectivity index (χ2n) is 4.14. The lowest BCUT2D eigenvalue weighted by atomic mass is 10.2. The van der Waals surface area contributed by atoms with E-state index in [1.54, 1.807) is 20.3 Å². The average molecular weight is 293 g/mol. The van der Waals surface area contributed by atoms with Gasteiger partial charge >= 0.3 is 6.36 Å². The maximum absolute atomic E-state index is 12.1. The third kappa shape index (κ3) is 6.74. The first-order chi connectivity index (χ1) is 9.44. The molecule has 0 amide bonds. The van der Waals surface area contributed by atoms with Crippen LogP contribution in [0.15, 0.2) is 24.3 Å². The molecular weight excluding hydrogens is 275 g/mol. The highest BCUT2D eigenvalue weighted by molar-refractivity contribution is 5.28. The Labute approximate surface area is 115 Å². The number of nitrogens with one attached hydrogen (secondary N) is 1. The minimum absolute atomic E-state index is 0.102. The molecule has 0 heterocycles. The van der Waals surface area contributed by atoms with Crippen molar-refractivity contribution < 1.29 is 27.4 Å². The summed E-state index contributed by atoms with van der Waals surface area (Å²) >= 11 is 0. The van der Waals surface area contributed by atoms with Crippen molar-refractivity contribution in [1.29, 1.82) is 0 Å². The van der Waals surface area contributed by atoms with Crippen LogP contribution >= 0.6 is 0 Å². The molecular formula is C13H18F3NO3. The molecule has 0 radical (unpaired) electrons. The maximum Gasteiger partial charge on any atom is 0.573 e. The summed E-state index contributed by atoms with van der Waals surface area (Å²) in [6.45, 7) is 1.40. The van der Waals surface area contributed by atoms with Gasteiger partial charge in [0.05, 0.1) is 12.7 Å². The summed E-state index contributed by atoms with van der Waals surface area (Å²) in [4.78, 5) is 0. The van der Waals surface area contributed by atoms with Gasteiger partial charge in [-0.15, -0.1) is 13.2 Å². The standard InChI is InChI=1S/C13H18F3NO3/c1-18-9-12(19-2)8-17-7-10-4-3-5-11(6-10)20-13(14,15)16/h3-6,12,17H,7-9H2,1-2H3. The van der Waals surface area contributed by atoms with Gasteiger partial charge in [-0.25, -0.2) is 0 Å². The topological polar surface area (TPSA) is 39.7 Å². The Kier molecular flexibility index (Phi) is 6.77. The molecule has 1 N–H and O–H groups in total. The molecule has 0 aliphatic rings. The van der Waals surface area contributed by atoms with E-state index in [-0.39, 0.29) is 11.9 Å². The van der Waals surface area contributed by atoms with Gasteiger partial charge in [0.15, 0.2) is 0 Å².